The van der Waals surface area contributed by atoms with E-state index >= 15 is 0 Å². The predicted molar refractivity (Wildman–Crippen MR) is 137 cm³/mol. The van der Waals surface area contributed by atoms with E-state index in [4.69, 9.17) is 4.74 Å². The number of carbonyl (C=O) groups is 1. The van der Waals surface area contributed by atoms with Crippen molar-refractivity contribution < 1.29 is 9.53 Å². The number of carbonyl (C=O) groups excluding carboxylic acids is 1. The van der Waals surface area contributed by atoms with Crippen LogP contribution in [0.25, 0.3) is 10.8 Å². The Bertz CT molecular complexity index is 1420. The molecule has 168 valence electrons. The fourth-order valence-corrected chi connectivity index (χ4v) is 5.24. The number of fused-ring (bicyclic) bond motifs is 2. The monoisotopic (exact) mass is 446 g/mol. The van der Waals surface area contributed by atoms with Gasteiger partial charge in [-0.05, 0) is 64.6 Å². The number of nitrogens with one attached hydrogen (secondary N) is 2. The Hall–Kier alpha value is -4.05. The minimum Gasteiger partial charge on any atom is -0.497 e. The van der Waals surface area contributed by atoms with Crippen molar-refractivity contribution in [1.29, 1.82) is 0 Å². The Morgan fingerprint density at radius 2 is 1.47 bits per heavy atom. The zero-order valence-corrected chi connectivity index (χ0v) is 19.0. The van der Waals surface area contributed by atoms with Crippen molar-refractivity contribution >= 4 is 27.9 Å². The average molecular weight is 447 g/mol. The predicted octanol–water partition coefficient (Wildman–Crippen LogP) is 6.83. The van der Waals surface area contributed by atoms with Crippen LogP contribution in [0.4, 0.5) is 11.4 Å². The van der Waals surface area contributed by atoms with Crippen LogP contribution in [-0.4, -0.2) is 12.9 Å². The van der Waals surface area contributed by atoms with E-state index in [-0.39, 0.29) is 17.7 Å². The molecule has 2 N–H and O–H groups in total. The number of allylic oxidation sites excluding steroid dienone is 1. The Morgan fingerprint density at radius 3 is 2.26 bits per heavy atom. The van der Waals surface area contributed by atoms with E-state index in [0.717, 1.165) is 45.9 Å². The zero-order chi connectivity index (χ0) is 23.1. The molecule has 1 aliphatic heterocycles. The highest BCUT2D eigenvalue weighted by molar-refractivity contribution is 6.01. The first-order chi connectivity index (χ1) is 16.7. The molecule has 4 heteroatoms. The largest absolute Gasteiger partial charge is 0.497 e. The van der Waals surface area contributed by atoms with Gasteiger partial charge in [0.2, 0.25) is 0 Å². The second-order valence-electron chi connectivity index (χ2n) is 9.05. The summed E-state index contributed by atoms with van der Waals surface area (Å²) in [5, 5.41) is 9.68. The van der Waals surface area contributed by atoms with Crippen molar-refractivity contribution in [3.63, 3.8) is 0 Å². The Morgan fingerprint density at radius 1 is 0.765 bits per heavy atom. The fourth-order valence-electron chi connectivity index (χ4n) is 5.24. The minimum absolute atomic E-state index is 0.132. The minimum atomic E-state index is -0.208. The zero-order valence-electron chi connectivity index (χ0n) is 19.0. The van der Waals surface area contributed by atoms with Gasteiger partial charge in [0, 0.05) is 17.7 Å². The normalized spacial score (nSPS) is 19.5. The van der Waals surface area contributed by atoms with Crippen LogP contribution in [0.1, 0.15) is 35.9 Å². The molecule has 0 radical (unpaired) electrons. The van der Waals surface area contributed by atoms with E-state index in [2.05, 4.69) is 77.4 Å². The Kier molecular flexibility index (Phi) is 5.06. The van der Waals surface area contributed by atoms with Gasteiger partial charge < -0.3 is 15.4 Å². The smallest absolute Gasteiger partial charge is 0.163 e. The van der Waals surface area contributed by atoms with Gasteiger partial charge in [0.1, 0.15) is 5.75 Å². The SMILES string of the molecule is COc1ccc([C@@H]2CC(=O)C3=C(C2)Nc2ccccc2N[C@@H]3c2ccc3ccccc3c2)cc1. The maximum absolute atomic E-state index is 13.7. The van der Waals surface area contributed by atoms with Crippen LogP contribution >= 0.6 is 0 Å². The van der Waals surface area contributed by atoms with Crippen LogP contribution in [0.2, 0.25) is 0 Å². The van der Waals surface area contributed by atoms with Crippen molar-refractivity contribution in [2.75, 3.05) is 17.7 Å². The number of anilines is 2. The third-order valence-electron chi connectivity index (χ3n) is 7.00. The van der Waals surface area contributed by atoms with Crippen LogP contribution in [0, 0.1) is 0 Å². The number of hydrogen-bond donors (Lipinski definition) is 2. The number of ketones is 1. The molecule has 0 unspecified atom stereocenters. The van der Waals surface area contributed by atoms with E-state index in [9.17, 15) is 4.79 Å². The van der Waals surface area contributed by atoms with Gasteiger partial charge in [0.15, 0.2) is 5.78 Å². The Labute approximate surface area is 199 Å². The maximum atomic E-state index is 13.7. The molecule has 0 aromatic heterocycles. The van der Waals surface area contributed by atoms with Crippen molar-refractivity contribution in [3.8, 4) is 5.75 Å². The number of para-hydroxylation sites is 2. The van der Waals surface area contributed by atoms with Crippen molar-refractivity contribution in [3.05, 3.63) is 113 Å². The standard InChI is InChI=1S/C30H26N2O2/c1-34-24-14-12-20(13-15-24)23-17-27-29(28(33)18-23)30(32-26-9-5-4-8-25(26)31-27)22-11-10-19-6-2-3-7-21(19)16-22/h2-16,23,30-32H,17-18H2,1H3/t23-,30+/m0/s1. The van der Waals surface area contributed by atoms with E-state index in [1.807, 2.05) is 24.3 Å². The van der Waals surface area contributed by atoms with Gasteiger partial charge in [0.05, 0.1) is 24.5 Å². The van der Waals surface area contributed by atoms with Gasteiger partial charge >= 0.3 is 0 Å². The first-order valence-electron chi connectivity index (χ1n) is 11.7. The molecule has 0 spiro atoms. The number of benzene rings is 4. The highest BCUT2D eigenvalue weighted by Crippen LogP contribution is 2.44. The number of Topliss-reactive ketones (excluding diaryl/α,β-unsaturated/α-hetero) is 1. The van der Waals surface area contributed by atoms with Crippen molar-refractivity contribution in [2.24, 2.45) is 0 Å². The van der Waals surface area contributed by atoms with Gasteiger partial charge in [-0.25, -0.2) is 0 Å². The number of hydrogen-bond acceptors (Lipinski definition) is 4. The molecule has 4 aromatic rings. The first-order valence-corrected chi connectivity index (χ1v) is 11.7. The fraction of sp³-hybridized carbons (Fsp3) is 0.167. The summed E-state index contributed by atoms with van der Waals surface area (Å²) in [7, 11) is 1.67. The van der Waals surface area contributed by atoms with Gasteiger partial charge in [0.25, 0.3) is 0 Å². The van der Waals surface area contributed by atoms with E-state index < -0.39 is 0 Å². The summed E-state index contributed by atoms with van der Waals surface area (Å²) in [6.45, 7) is 0. The van der Waals surface area contributed by atoms with Crippen LogP contribution in [-0.2, 0) is 4.79 Å². The summed E-state index contributed by atoms with van der Waals surface area (Å²) in [5.41, 5.74) is 6.12. The molecule has 0 bridgehead atoms. The first kappa shape index (κ1) is 20.5. The molecule has 0 fully saturated rings. The van der Waals surface area contributed by atoms with Crippen molar-refractivity contribution in [2.45, 2.75) is 24.8 Å². The lowest BCUT2D eigenvalue weighted by Gasteiger charge is -2.30. The summed E-state index contributed by atoms with van der Waals surface area (Å²) in [6.07, 6.45) is 1.28. The van der Waals surface area contributed by atoms with E-state index in [0.29, 0.717) is 6.42 Å². The van der Waals surface area contributed by atoms with E-state index in [1.54, 1.807) is 7.11 Å². The molecule has 1 heterocycles. The lowest BCUT2D eigenvalue weighted by molar-refractivity contribution is -0.116. The summed E-state index contributed by atoms with van der Waals surface area (Å²) in [5.74, 6) is 1.15. The molecule has 4 nitrogen and oxygen atoms in total. The van der Waals surface area contributed by atoms with Crippen LogP contribution < -0.4 is 15.4 Å². The molecule has 2 aliphatic rings. The molecular formula is C30H26N2O2. The summed E-state index contributed by atoms with van der Waals surface area (Å²) in [4.78, 5) is 13.7. The van der Waals surface area contributed by atoms with Crippen LogP contribution in [0.5, 0.6) is 5.75 Å². The molecule has 4 aromatic carbocycles. The van der Waals surface area contributed by atoms with Gasteiger partial charge in [-0.15, -0.1) is 0 Å². The highest BCUT2D eigenvalue weighted by Gasteiger charge is 2.36. The molecule has 6 rings (SSSR count). The van der Waals surface area contributed by atoms with Gasteiger partial charge in [-0.2, -0.15) is 0 Å². The van der Waals surface area contributed by atoms with Crippen LogP contribution in [0.15, 0.2) is 102 Å². The second kappa shape index (κ2) is 8.38. The van der Waals surface area contributed by atoms with Crippen LogP contribution in [0.3, 0.4) is 0 Å². The highest BCUT2D eigenvalue weighted by atomic mass is 16.5. The van der Waals surface area contributed by atoms with Gasteiger partial charge in [-0.1, -0.05) is 60.7 Å². The average Bonchev–Trinajstić information content (AvgIpc) is 3.05. The van der Waals surface area contributed by atoms with E-state index in [1.165, 1.54) is 10.8 Å². The topological polar surface area (TPSA) is 50.4 Å². The second-order valence-corrected chi connectivity index (χ2v) is 9.05. The molecule has 2 atom stereocenters. The van der Waals surface area contributed by atoms with Gasteiger partial charge in [-0.3, -0.25) is 4.79 Å². The molecule has 0 saturated carbocycles. The molecule has 34 heavy (non-hydrogen) atoms. The quantitative estimate of drug-likeness (QED) is 0.362. The lowest BCUT2D eigenvalue weighted by Crippen LogP contribution is -2.26. The third-order valence-corrected chi connectivity index (χ3v) is 7.00. The lowest BCUT2D eigenvalue weighted by atomic mass is 9.78. The number of ether oxygens (including phenoxy) is 1. The van der Waals surface area contributed by atoms with Crippen molar-refractivity contribution in [1.82, 2.24) is 0 Å². The summed E-state index contributed by atoms with van der Waals surface area (Å²) < 4.78 is 5.32. The summed E-state index contributed by atoms with van der Waals surface area (Å²) >= 11 is 0. The maximum Gasteiger partial charge on any atom is 0.163 e. The molecular weight excluding hydrogens is 420 g/mol. The molecule has 1 aliphatic carbocycles. The summed E-state index contributed by atoms with van der Waals surface area (Å²) in [6, 6.07) is 30.9. The molecule has 0 amide bonds. The Balaban J connectivity index is 1.45. The molecule has 0 saturated heterocycles. The number of rotatable bonds is 3. The third kappa shape index (κ3) is 3.61. The number of methoxy groups -OCH3 is 1.